The van der Waals surface area contributed by atoms with E-state index in [9.17, 15) is 13.9 Å². The minimum atomic E-state index is -0.906. The summed E-state index contributed by atoms with van der Waals surface area (Å²) in [5, 5.41) is 12.1. The van der Waals surface area contributed by atoms with Gasteiger partial charge in [0.2, 0.25) is 0 Å². The average molecular weight is 606 g/mol. The highest BCUT2D eigenvalue weighted by molar-refractivity contribution is 6.01. The molecule has 4 fully saturated rings. The molecular weight excluding hydrogens is 571 g/mol. The first kappa shape index (κ1) is 27.8. The molecule has 4 aliphatic rings. The summed E-state index contributed by atoms with van der Waals surface area (Å²) in [6, 6.07) is 5.90. The number of hydrogen-bond donors (Lipinski definition) is 1. The molecule has 44 heavy (non-hydrogen) atoms. The van der Waals surface area contributed by atoms with Gasteiger partial charge in [0.05, 0.1) is 23.6 Å². The van der Waals surface area contributed by atoms with E-state index in [0.29, 0.717) is 72.5 Å². The molecule has 4 aromatic rings. The van der Waals surface area contributed by atoms with Gasteiger partial charge in [0.1, 0.15) is 41.4 Å². The predicted octanol–water partition coefficient (Wildman–Crippen LogP) is 5.57. The molecule has 0 unspecified atom stereocenters. The SMILES string of the molecule is CCc1c(F)ccc2cc(O)cc(-c3ncc4c(N5C[C@H]6CO[C@H](C6)C5)nc(OC[C@@]56CCCN5C[C@H](F)C6)nc4c3F)c12. The monoisotopic (exact) mass is 605 g/mol. The molecule has 2 aromatic heterocycles. The summed E-state index contributed by atoms with van der Waals surface area (Å²) in [5.41, 5.74) is 0.253. The first-order chi connectivity index (χ1) is 21.3. The molecule has 4 aliphatic heterocycles. The van der Waals surface area contributed by atoms with Crippen LogP contribution in [0.4, 0.5) is 19.0 Å². The van der Waals surface area contributed by atoms with Crippen molar-refractivity contribution in [2.45, 2.75) is 56.8 Å². The van der Waals surface area contributed by atoms with Crippen molar-refractivity contribution in [3.63, 3.8) is 0 Å². The molecular formula is C33H34F3N5O3. The average Bonchev–Trinajstić information content (AvgIpc) is 3.66. The Balaban J connectivity index is 1.27. The molecule has 4 atom stereocenters. The van der Waals surface area contributed by atoms with Crippen LogP contribution in [0.15, 0.2) is 30.5 Å². The minimum Gasteiger partial charge on any atom is -0.508 e. The number of ether oxygens (including phenoxy) is 2. The van der Waals surface area contributed by atoms with E-state index >= 15 is 4.39 Å². The molecule has 0 saturated carbocycles. The van der Waals surface area contributed by atoms with E-state index in [0.717, 1.165) is 25.8 Å². The third kappa shape index (κ3) is 4.46. The van der Waals surface area contributed by atoms with Gasteiger partial charge in [-0.2, -0.15) is 9.97 Å². The number of halogens is 3. The van der Waals surface area contributed by atoms with Crippen molar-refractivity contribution in [1.29, 1.82) is 0 Å². The number of aromatic hydroxyl groups is 1. The molecule has 8 rings (SSSR count). The Kier molecular flexibility index (Phi) is 6.60. The van der Waals surface area contributed by atoms with Gasteiger partial charge in [-0.25, -0.2) is 13.2 Å². The molecule has 2 aromatic carbocycles. The van der Waals surface area contributed by atoms with Crippen molar-refractivity contribution in [2.75, 3.05) is 44.3 Å². The summed E-state index contributed by atoms with van der Waals surface area (Å²) in [4.78, 5) is 18.1. The Labute approximate surface area is 252 Å². The number of aromatic nitrogens is 3. The highest BCUT2D eigenvalue weighted by Gasteiger charge is 2.49. The van der Waals surface area contributed by atoms with Crippen LogP contribution in [0, 0.1) is 17.6 Å². The molecule has 11 heteroatoms. The number of aryl methyl sites for hydroxylation is 1. The highest BCUT2D eigenvalue weighted by atomic mass is 19.1. The van der Waals surface area contributed by atoms with Gasteiger partial charge in [0, 0.05) is 43.7 Å². The van der Waals surface area contributed by atoms with Crippen LogP contribution in [0.1, 0.15) is 38.2 Å². The summed E-state index contributed by atoms with van der Waals surface area (Å²) in [6.45, 7) is 5.23. The molecule has 4 saturated heterocycles. The second kappa shape index (κ2) is 10.4. The van der Waals surface area contributed by atoms with Crippen molar-refractivity contribution in [3.05, 3.63) is 47.7 Å². The smallest absolute Gasteiger partial charge is 0.319 e. The Morgan fingerprint density at radius 1 is 1.16 bits per heavy atom. The number of benzene rings is 2. The summed E-state index contributed by atoms with van der Waals surface area (Å²) in [5.74, 6) is -0.345. The van der Waals surface area contributed by atoms with E-state index in [4.69, 9.17) is 14.5 Å². The van der Waals surface area contributed by atoms with Gasteiger partial charge in [-0.1, -0.05) is 13.0 Å². The van der Waals surface area contributed by atoms with Crippen molar-refractivity contribution < 1.29 is 27.8 Å². The van der Waals surface area contributed by atoms with Gasteiger partial charge in [0.15, 0.2) is 5.82 Å². The minimum absolute atomic E-state index is 0.0204. The van der Waals surface area contributed by atoms with Crippen molar-refractivity contribution >= 4 is 27.5 Å². The Bertz CT molecular complexity index is 1780. The molecule has 8 nitrogen and oxygen atoms in total. The maximum atomic E-state index is 16.8. The number of rotatable bonds is 6. The molecule has 6 heterocycles. The normalized spacial score (nSPS) is 26.6. The zero-order valence-electron chi connectivity index (χ0n) is 24.5. The lowest BCUT2D eigenvalue weighted by Gasteiger charge is -2.33. The lowest BCUT2D eigenvalue weighted by Crippen LogP contribution is -2.43. The number of pyridine rings is 1. The molecule has 230 valence electrons. The fourth-order valence-corrected chi connectivity index (χ4v) is 8.03. The van der Waals surface area contributed by atoms with Crippen molar-refractivity contribution in [1.82, 2.24) is 19.9 Å². The van der Waals surface area contributed by atoms with Gasteiger partial charge in [-0.3, -0.25) is 9.88 Å². The maximum absolute atomic E-state index is 16.8. The van der Waals surface area contributed by atoms with Gasteiger partial charge in [0.25, 0.3) is 0 Å². The van der Waals surface area contributed by atoms with Crippen LogP contribution >= 0.6 is 0 Å². The van der Waals surface area contributed by atoms with Crippen molar-refractivity contribution in [2.24, 2.45) is 5.92 Å². The summed E-state index contributed by atoms with van der Waals surface area (Å²) >= 11 is 0. The Morgan fingerprint density at radius 2 is 2.05 bits per heavy atom. The van der Waals surface area contributed by atoms with E-state index in [1.54, 1.807) is 12.3 Å². The van der Waals surface area contributed by atoms with E-state index < -0.39 is 23.3 Å². The van der Waals surface area contributed by atoms with E-state index in [1.165, 1.54) is 18.2 Å². The number of anilines is 1. The standard InChI is InChI=1S/C33H34F3N5O3/c1-2-23-26(35)5-4-19-9-21(42)10-24(27(19)23)29-28(36)30-25(12-37-29)31(40-13-18-8-22(15-40)43-16-18)39-32(38-30)44-17-33-6-3-7-41(33)14-20(34)11-33/h4-5,9-10,12,18,20,22,42H,2-3,6-8,11,13-17H2,1H3/t18-,20+,22+,33-/m0/s1. The van der Waals surface area contributed by atoms with Crippen LogP contribution in [0.3, 0.4) is 0 Å². The van der Waals surface area contributed by atoms with E-state index in [1.807, 2.05) is 6.92 Å². The molecule has 0 spiro atoms. The van der Waals surface area contributed by atoms with Gasteiger partial charge < -0.3 is 19.5 Å². The molecule has 2 bridgehead atoms. The van der Waals surface area contributed by atoms with E-state index in [2.05, 4.69) is 19.8 Å². The van der Waals surface area contributed by atoms with Gasteiger partial charge >= 0.3 is 6.01 Å². The topological polar surface area (TPSA) is 83.8 Å². The summed E-state index contributed by atoms with van der Waals surface area (Å²) < 4.78 is 58.3. The first-order valence-electron chi connectivity index (χ1n) is 15.5. The lowest BCUT2D eigenvalue weighted by atomic mass is 9.94. The molecule has 0 aliphatic carbocycles. The predicted molar refractivity (Wildman–Crippen MR) is 160 cm³/mol. The number of phenols is 1. The third-order valence-electron chi connectivity index (χ3n) is 10.0. The largest absolute Gasteiger partial charge is 0.508 e. The number of phenolic OH excluding ortho intramolecular Hbond substituents is 1. The van der Waals surface area contributed by atoms with Crippen LogP contribution in [0.2, 0.25) is 0 Å². The summed E-state index contributed by atoms with van der Waals surface area (Å²) in [6.07, 6.45) is 4.24. The fourth-order valence-electron chi connectivity index (χ4n) is 8.03. The Morgan fingerprint density at radius 3 is 2.89 bits per heavy atom. The lowest BCUT2D eigenvalue weighted by molar-refractivity contribution is 0.107. The number of alkyl halides is 1. The highest BCUT2D eigenvalue weighted by Crippen LogP contribution is 2.42. The Hall–Kier alpha value is -3.70. The quantitative estimate of drug-likeness (QED) is 0.306. The fraction of sp³-hybridized carbons (Fsp3) is 0.485. The van der Waals surface area contributed by atoms with Crippen LogP contribution in [0.25, 0.3) is 32.9 Å². The first-order valence-corrected chi connectivity index (χ1v) is 15.5. The van der Waals surface area contributed by atoms with Gasteiger partial charge in [-0.05, 0) is 66.8 Å². The second-order valence-corrected chi connectivity index (χ2v) is 12.8. The number of fused-ring (bicyclic) bond motifs is 5. The number of nitrogens with zero attached hydrogens (tertiary/aromatic N) is 5. The van der Waals surface area contributed by atoms with Crippen LogP contribution in [-0.4, -0.2) is 82.2 Å². The third-order valence-corrected chi connectivity index (χ3v) is 10.0. The zero-order valence-corrected chi connectivity index (χ0v) is 24.5. The van der Waals surface area contributed by atoms with Gasteiger partial charge in [-0.15, -0.1) is 0 Å². The van der Waals surface area contributed by atoms with Crippen LogP contribution in [-0.2, 0) is 11.2 Å². The van der Waals surface area contributed by atoms with Crippen LogP contribution in [0.5, 0.6) is 11.8 Å². The maximum Gasteiger partial charge on any atom is 0.319 e. The number of hydrogen-bond acceptors (Lipinski definition) is 8. The van der Waals surface area contributed by atoms with Crippen LogP contribution < -0.4 is 9.64 Å². The molecule has 0 amide bonds. The van der Waals surface area contributed by atoms with E-state index in [-0.39, 0.29) is 41.2 Å². The second-order valence-electron chi connectivity index (χ2n) is 12.8. The summed E-state index contributed by atoms with van der Waals surface area (Å²) in [7, 11) is 0. The zero-order chi connectivity index (χ0) is 30.2. The van der Waals surface area contributed by atoms with Crippen molar-refractivity contribution in [3.8, 4) is 23.0 Å². The molecule has 0 radical (unpaired) electrons. The molecule has 1 N–H and O–H groups in total. The number of piperidine rings is 1.